The van der Waals surface area contributed by atoms with E-state index in [2.05, 4.69) is 15.3 Å². The molecule has 0 saturated carbocycles. The third-order valence-electron chi connectivity index (χ3n) is 5.10. The molecule has 0 bridgehead atoms. The molecule has 0 unspecified atom stereocenters. The second-order valence-electron chi connectivity index (χ2n) is 7.33. The Morgan fingerprint density at radius 3 is 2.50 bits per heavy atom. The zero-order valence-corrected chi connectivity index (χ0v) is 18.6. The van der Waals surface area contributed by atoms with Gasteiger partial charge in [0.15, 0.2) is 0 Å². The average Bonchev–Trinajstić information content (AvgIpc) is 2.80. The van der Waals surface area contributed by atoms with E-state index in [1.165, 1.54) is 0 Å². The number of rotatable bonds is 10. The first-order valence-electron chi connectivity index (χ1n) is 10.7. The zero-order chi connectivity index (χ0) is 23.1. The molecule has 3 N–H and O–H groups in total. The Kier molecular flexibility index (Phi) is 7.54. The molecule has 0 atom stereocenters. The first-order chi connectivity index (χ1) is 15.5. The molecule has 32 heavy (non-hydrogen) atoms. The third kappa shape index (κ3) is 4.94. The van der Waals surface area contributed by atoms with E-state index in [-0.39, 0.29) is 11.2 Å². The number of nitrogens with zero attached hydrogens (tertiary/aromatic N) is 1. The van der Waals surface area contributed by atoms with E-state index in [0.717, 1.165) is 29.4 Å². The van der Waals surface area contributed by atoms with Crippen LogP contribution in [0.15, 0.2) is 47.3 Å². The smallest absolute Gasteiger partial charge is 0.275 e. The van der Waals surface area contributed by atoms with Gasteiger partial charge in [0.25, 0.3) is 5.56 Å². The summed E-state index contributed by atoms with van der Waals surface area (Å²) in [7, 11) is 1.65. The third-order valence-corrected chi connectivity index (χ3v) is 5.10. The Balaban J connectivity index is 2.15. The maximum Gasteiger partial charge on any atom is 0.275 e. The molecule has 0 amide bonds. The topological polar surface area (TPSA) is 108 Å². The van der Waals surface area contributed by atoms with Crippen LogP contribution in [0.1, 0.15) is 37.9 Å². The highest BCUT2D eigenvalue weighted by molar-refractivity contribution is 6.01. The number of carbonyl (C=O) groups is 1. The van der Waals surface area contributed by atoms with Crippen molar-refractivity contribution in [2.45, 2.75) is 33.1 Å². The van der Waals surface area contributed by atoms with Crippen LogP contribution >= 0.6 is 0 Å². The van der Waals surface area contributed by atoms with E-state index in [9.17, 15) is 9.59 Å². The van der Waals surface area contributed by atoms with Crippen LogP contribution in [0.3, 0.4) is 0 Å². The zero-order valence-electron chi connectivity index (χ0n) is 18.6. The molecular weight excluding hydrogens is 404 g/mol. The van der Waals surface area contributed by atoms with Gasteiger partial charge in [0.05, 0.1) is 17.9 Å². The molecule has 0 spiro atoms. The highest BCUT2D eigenvalue weighted by Crippen LogP contribution is 2.33. The molecule has 166 valence electrons. The Hall–Kier alpha value is -3.74. The second kappa shape index (κ2) is 10.5. The fourth-order valence-corrected chi connectivity index (χ4v) is 3.52. The fourth-order valence-electron chi connectivity index (χ4n) is 3.52. The van der Waals surface area contributed by atoms with E-state index in [1.807, 2.05) is 56.3 Å². The molecule has 0 fully saturated rings. The summed E-state index contributed by atoms with van der Waals surface area (Å²) in [5.74, 6) is 0.954. The van der Waals surface area contributed by atoms with Gasteiger partial charge in [-0.1, -0.05) is 43.7 Å². The first-order valence-corrected chi connectivity index (χ1v) is 10.7. The predicted octanol–water partition coefficient (Wildman–Crippen LogP) is 4.45. The van der Waals surface area contributed by atoms with Crippen LogP contribution in [0.4, 0.5) is 5.69 Å². The summed E-state index contributed by atoms with van der Waals surface area (Å²) in [4.78, 5) is 31.0. The molecule has 7 nitrogen and oxygen atoms in total. The molecule has 1 heterocycles. The molecule has 0 aliphatic carbocycles. The molecule has 3 aromatic rings. The predicted molar refractivity (Wildman–Crippen MR) is 128 cm³/mol. The van der Waals surface area contributed by atoms with Crippen LogP contribution in [-0.2, 0) is 11.2 Å². The molecule has 0 saturated heterocycles. The van der Waals surface area contributed by atoms with Crippen molar-refractivity contribution in [2.75, 3.05) is 19.0 Å². The number of aromatic amines is 1. The summed E-state index contributed by atoms with van der Waals surface area (Å²) >= 11 is 0. The minimum absolute atomic E-state index is 0.284. The Bertz CT molecular complexity index is 1170. The number of aldehydes is 1. The lowest BCUT2D eigenvalue weighted by atomic mass is 10.00. The Morgan fingerprint density at radius 1 is 1.16 bits per heavy atom. The van der Waals surface area contributed by atoms with Crippen molar-refractivity contribution in [1.82, 2.24) is 9.97 Å². The van der Waals surface area contributed by atoms with Gasteiger partial charge < -0.3 is 25.2 Å². The molecule has 0 aliphatic rings. The first kappa shape index (κ1) is 22.9. The van der Waals surface area contributed by atoms with Crippen LogP contribution in [0.5, 0.6) is 5.75 Å². The molecule has 0 aliphatic heterocycles. The van der Waals surface area contributed by atoms with Gasteiger partial charge in [-0.05, 0) is 42.2 Å². The lowest BCUT2D eigenvalue weighted by molar-refractivity contribution is -0.107. The lowest BCUT2D eigenvalue weighted by Gasteiger charge is -2.15. The number of carbonyl (C=O) groups excluding carboxylic acids is 1. The largest absolute Gasteiger partial charge is 0.493 e. The maximum absolute atomic E-state index is 12.8. The van der Waals surface area contributed by atoms with Crippen molar-refractivity contribution in [3.05, 3.63) is 64.1 Å². The van der Waals surface area contributed by atoms with Crippen LogP contribution in [0.25, 0.3) is 22.5 Å². The van der Waals surface area contributed by atoms with Gasteiger partial charge in [-0.3, -0.25) is 4.79 Å². The summed E-state index contributed by atoms with van der Waals surface area (Å²) in [6.07, 6.45) is 2.57. The number of hydrogen-bond donors (Lipinski definition) is 3. The Labute approximate surface area is 187 Å². The van der Waals surface area contributed by atoms with E-state index in [1.54, 1.807) is 7.05 Å². The minimum atomic E-state index is -0.334. The van der Waals surface area contributed by atoms with Crippen LogP contribution in [-0.4, -0.2) is 35.6 Å². The van der Waals surface area contributed by atoms with E-state index >= 15 is 0 Å². The van der Waals surface area contributed by atoms with Crippen molar-refractivity contribution in [3.63, 3.8) is 0 Å². The van der Waals surface area contributed by atoms with Crippen molar-refractivity contribution in [1.29, 1.82) is 5.41 Å². The average molecular weight is 433 g/mol. The normalized spacial score (nSPS) is 10.6. The van der Waals surface area contributed by atoms with Crippen molar-refractivity contribution < 1.29 is 9.53 Å². The van der Waals surface area contributed by atoms with Gasteiger partial charge in [-0.2, -0.15) is 0 Å². The van der Waals surface area contributed by atoms with Gasteiger partial charge in [0.1, 0.15) is 29.2 Å². The van der Waals surface area contributed by atoms with Crippen molar-refractivity contribution in [3.8, 4) is 28.3 Å². The van der Waals surface area contributed by atoms with Gasteiger partial charge in [-0.25, -0.2) is 4.98 Å². The van der Waals surface area contributed by atoms with E-state index < -0.39 is 0 Å². The monoisotopic (exact) mass is 432 g/mol. The van der Waals surface area contributed by atoms with E-state index in [4.69, 9.17) is 10.1 Å². The van der Waals surface area contributed by atoms with Gasteiger partial charge in [0, 0.05) is 13.5 Å². The Morgan fingerprint density at radius 2 is 1.88 bits per heavy atom. The molecular formula is C25H28N4O3. The lowest BCUT2D eigenvalue weighted by Crippen LogP contribution is -2.20. The number of ether oxygens (including phenoxy) is 1. The van der Waals surface area contributed by atoms with Crippen molar-refractivity contribution >= 4 is 17.7 Å². The second-order valence-corrected chi connectivity index (χ2v) is 7.33. The SMILES string of the molecule is CCCC(=N)c1nc(-c2cc(-c3ccc(CC=O)cc3)ccc2OCC)[nH]c(=O)c1NC. The summed E-state index contributed by atoms with van der Waals surface area (Å²) in [5, 5.41) is 11.3. The molecule has 2 aromatic carbocycles. The highest BCUT2D eigenvalue weighted by Gasteiger charge is 2.18. The van der Waals surface area contributed by atoms with E-state index in [0.29, 0.717) is 48.0 Å². The number of aromatic nitrogens is 2. The van der Waals surface area contributed by atoms with Gasteiger partial charge >= 0.3 is 0 Å². The molecule has 1 aromatic heterocycles. The van der Waals surface area contributed by atoms with Crippen LogP contribution in [0, 0.1) is 5.41 Å². The number of hydrogen-bond acceptors (Lipinski definition) is 6. The summed E-state index contributed by atoms with van der Waals surface area (Å²) < 4.78 is 5.81. The van der Waals surface area contributed by atoms with Crippen LogP contribution in [0.2, 0.25) is 0 Å². The number of anilines is 1. The molecule has 3 rings (SSSR count). The highest BCUT2D eigenvalue weighted by atomic mass is 16.5. The number of H-pyrrole nitrogens is 1. The fraction of sp³-hybridized carbons (Fsp3) is 0.280. The van der Waals surface area contributed by atoms with Crippen molar-refractivity contribution in [2.24, 2.45) is 0 Å². The molecule has 0 radical (unpaired) electrons. The molecule has 7 heteroatoms. The minimum Gasteiger partial charge on any atom is -0.493 e. The number of nitrogens with one attached hydrogen (secondary N) is 3. The standard InChI is InChI=1S/C25H28N4O3/c1-4-6-20(26)22-23(27-3)25(31)29-24(28-22)19-15-18(11-12-21(19)32-5-2)17-9-7-16(8-10-17)13-14-30/h7-12,14-15,26-27H,4-6,13H2,1-3H3,(H,28,29,31). The quantitative estimate of drug-likeness (QED) is 0.324. The maximum atomic E-state index is 12.8. The van der Waals surface area contributed by atoms with Crippen LogP contribution < -0.4 is 15.6 Å². The van der Waals surface area contributed by atoms with Gasteiger partial charge in [0.2, 0.25) is 0 Å². The number of benzene rings is 2. The summed E-state index contributed by atoms with van der Waals surface area (Å²) in [5.41, 5.74) is 4.09. The summed E-state index contributed by atoms with van der Waals surface area (Å²) in [6, 6.07) is 13.5. The summed E-state index contributed by atoms with van der Waals surface area (Å²) in [6.45, 7) is 4.34. The van der Waals surface area contributed by atoms with Gasteiger partial charge in [-0.15, -0.1) is 0 Å².